The van der Waals surface area contributed by atoms with Crippen LogP contribution in [0.5, 0.6) is 0 Å². The molecule has 0 amide bonds. The minimum atomic E-state index is -0.911. The van der Waals surface area contributed by atoms with Crippen molar-refractivity contribution in [1.29, 1.82) is 0 Å². The van der Waals surface area contributed by atoms with Crippen LogP contribution in [0.25, 0.3) is 0 Å². The van der Waals surface area contributed by atoms with Gasteiger partial charge in [-0.2, -0.15) is 0 Å². The van der Waals surface area contributed by atoms with Crippen molar-refractivity contribution < 1.29 is 19.1 Å². The summed E-state index contributed by atoms with van der Waals surface area (Å²) in [5.41, 5.74) is 0.999. The molecule has 6 nitrogen and oxygen atoms in total. The monoisotopic (exact) mass is 520 g/mol. The van der Waals surface area contributed by atoms with E-state index in [9.17, 15) is 9.59 Å². The molecular formula is C33H32N2O4. The lowest BCUT2D eigenvalue weighted by atomic mass is 9.53. The molecule has 2 unspecified atom stereocenters. The minimum absolute atomic E-state index is 0.0680. The van der Waals surface area contributed by atoms with E-state index < -0.39 is 16.5 Å². The fourth-order valence-electron chi connectivity index (χ4n) is 10.4. The molecule has 3 aliphatic heterocycles. The number of hydrogen-bond acceptors (Lipinski definition) is 6. The Bertz CT molecular complexity index is 1460. The Morgan fingerprint density at radius 3 is 1.97 bits per heavy atom. The fraction of sp³-hybridized carbons (Fsp3) is 0.394. The molecule has 2 aliphatic carbocycles. The smallest absolute Gasteiger partial charge is 0.317 e. The van der Waals surface area contributed by atoms with E-state index in [1.54, 1.807) is 0 Å². The van der Waals surface area contributed by atoms with Crippen LogP contribution < -0.4 is 5.32 Å². The Labute approximate surface area is 228 Å². The zero-order valence-electron chi connectivity index (χ0n) is 22.1. The molecule has 2 saturated carbocycles. The van der Waals surface area contributed by atoms with Crippen LogP contribution in [0.3, 0.4) is 0 Å². The molecule has 0 radical (unpaired) electrons. The van der Waals surface area contributed by atoms with Gasteiger partial charge in [-0.05, 0) is 29.0 Å². The lowest BCUT2D eigenvalue weighted by molar-refractivity contribution is -0.248. The Morgan fingerprint density at radius 2 is 1.38 bits per heavy atom. The maximum Gasteiger partial charge on any atom is 0.317 e. The minimum Gasteiger partial charge on any atom is -0.469 e. The predicted molar refractivity (Wildman–Crippen MR) is 144 cm³/mol. The van der Waals surface area contributed by atoms with Crippen molar-refractivity contribution in [2.75, 3.05) is 14.2 Å². The first kappa shape index (κ1) is 23.4. The quantitative estimate of drug-likeness (QED) is 0.494. The summed E-state index contributed by atoms with van der Waals surface area (Å²) in [4.78, 5) is 31.3. The molecule has 3 saturated heterocycles. The lowest BCUT2D eigenvalue weighted by Gasteiger charge is -2.70. The first-order chi connectivity index (χ1) is 19.1. The maximum absolute atomic E-state index is 14.5. The summed E-state index contributed by atoms with van der Waals surface area (Å²) in [5.74, 6) is -0.568. The van der Waals surface area contributed by atoms with Crippen LogP contribution in [0.15, 0.2) is 91.0 Å². The highest BCUT2D eigenvalue weighted by Gasteiger charge is 2.98. The molecule has 3 aromatic carbocycles. The number of likely N-dealkylation sites (tertiary alicyclic amines) is 1. The van der Waals surface area contributed by atoms with Gasteiger partial charge < -0.3 is 9.47 Å². The van der Waals surface area contributed by atoms with Crippen molar-refractivity contribution in [3.8, 4) is 0 Å². The van der Waals surface area contributed by atoms with Crippen molar-refractivity contribution in [1.82, 2.24) is 10.2 Å². The van der Waals surface area contributed by atoms with Crippen LogP contribution in [-0.4, -0.2) is 48.8 Å². The highest BCUT2D eigenvalue weighted by atomic mass is 16.5. The van der Waals surface area contributed by atoms with Crippen molar-refractivity contribution in [2.45, 2.75) is 42.5 Å². The van der Waals surface area contributed by atoms with Crippen molar-refractivity contribution in [2.24, 2.45) is 22.7 Å². The van der Waals surface area contributed by atoms with Gasteiger partial charge in [0.05, 0.1) is 25.3 Å². The van der Waals surface area contributed by atoms with Gasteiger partial charge in [-0.3, -0.25) is 19.8 Å². The van der Waals surface area contributed by atoms with Crippen LogP contribution in [0.4, 0.5) is 0 Å². The Hall–Kier alpha value is -3.48. The van der Waals surface area contributed by atoms with Crippen LogP contribution in [0.1, 0.15) is 34.9 Å². The van der Waals surface area contributed by atoms with E-state index in [0.717, 1.165) is 23.1 Å². The Kier molecular flexibility index (Phi) is 4.68. The molecule has 5 aliphatic rings. The van der Waals surface area contributed by atoms with Gasteiger partial charge >= 0.3 is 11.9 Å². The fourth-order valence-corrected chi connectivity index (χ4v) is 10.4. The number of nitrogens with one attached hydrogen (secondary N) is 1. The van der Waals surface area contributed by atoms with Crippen molar-refractivity contribution >= 4 is 11.9 Å². The van der Waals surface area contributed by atoms with Gasteiger partial charge in [-0.25, -0.2) is 0 Å². The van der Waals surface area contributed by atoms with E-state index in [0.29, 0.717) is 6.54 Å². The second-order valence-electron chi connectivity index (χ2n) is 12.0. The number of esters is 2. The largest absolute Gasteiger partial charge is 0.469 e. The van der Waals surface area contributed by atoms with Gasteiger partial charge in [0.2, 0.25) is 0 Å². The molecule has 1 spiro atoms. The number of carbonyl (C=O) groups excluding carboxylic acids is 2. The van der Waals surface area contributed by atoms with Crippen LogP contribution in [-0.2, 0) is 25.6 Å². The predicted octanol–water partition coefficient (Wildman–Crippen LogP) is 4.09. The molecule has 1 N–H and O–H groups in total. The van der Waals surface area contributed by atoms with Gasteiger partial charge in [0.25, 0.3) is 0 Å². The van der Waals surface area contributed by atoms with Gasteiger partial charge in [-0.1, -0.05) is 91.0 Å². The number of methoxy groups -OCH3 is 2. The summed E-state index contributed by atoms with van der Waals surface area (Å²) in [6, 6.07) is 30.9. The SMILES string of the molecule is COC(=O)[C@]12C(c3ccccc3)[C@H]3C[C@@]45N[C@H]3[C@H]1C(c1ccccc1)[C@]4(C(=O)OC)[C@H]2N5Cc1ccccc1. The molecule has 39 heavy (non-hydrogen) atoms. The van der Waals surface area contributed by atoms with E-state index in [2.05, 4.69) is 58.7 Å². The standard InChI is InChI=1S/C33H32N2O4/c1-38-29(36)32-24(21-14-8-4-9-15-21)23-18-31-33(30(37)39-2,28(32)35(31)19-20-12-6-3-7-13-20)25(26(32)27(23)34-31)22-16-10-5-11-17-22/h3-17,23-28,34H,18-19H2,1-2H3/t23-,24?,25?,26-,27-,28+,31+,32-,33-/m1/s1. The van der Waals surface area contributed by atoms with E-state index >= 15 is 0 Å². The highest BCUT2D eigenvalue weighted by Crippen LogP contribution is 2.88. The number of ether oxygens (including phenoxy) is 2. The second kappa shape index (κ2) is 7.80. The van der Waals surface area contributed by atoms with Gasteiger partial charge in [0.15, 0.2) is 0 Å². The lowest BCUT2D eigenvalue weighted by Crippen LogP contribution is -2.87. The molecule has 6 heteroatoms. The summed E-state index contributed by atoms with van der Waals surface area (Å²) in [5, 5.41) is 4.03. The number of nitrogens with zero attached hydrogens (tertiary/aromatic N) is 1. The van der Waals surface area contributed by atoms with E-state index in [1.165, 1.54) is 14.2 Å². The third-order valence-corrected chi connectivity index (χ3v) is 11.1. The van der Waals surface area contributed by atoms with Crippen LogP contribution in [0, 0.1) is 22.7 Å². The third kappa shape index (κ3) is 2.39. The number of fused-ring (bicyclic) bond motifs is 1. The second-order valence-corrected chi connectivity index (χ2v) is 12.0. The van der Waals surface area contributed by atoms with Crippen molar-refractivity contribution in [3.05, 3.63) is 108 Å². The average molecular weight is 521 g/mol. The maximum atomic E-state index is 14.5. The molecule has 3 heterocycles. The first-order valence-corrected chi connectivity index (χ1v) is 13.9. The van der Waals surface area contributed by atoms with Crippen LogP contribution in [0.2, 0.25) is 0 Å². The molecule has 4 bridgehead atoms. The van der Waals surface area contributed by atoms with E-state index in [4.69, 9.17) is 9.47 Å². The molecular weight excluding hydrogens is 488 g/mol. The Balaban J connectivity index is 1.45. The first-order valence-electron chi connectivity index (χ1n) is 13.9. The zero-order chi connectivity index (χ0) is 26.6. The number of benzene rings is 3. The normalized spacial score (nSPS) is 40.4. The van der Waals surface area contributed by atoms with Gasteiger partial charge in [-0.15, -0.1) is 0 Å². The van der Waals surface area contributed by atoms with E-state index in [-0.39, 0.29) is 47.7 Å². The van der Waals surface area contributed by atoms with Gasteiger partial charge in [0, 0.05) is 36.4 Å². The topological polar surface area (TPSA) is 67.9 Å². The summed E-state index contributed by atoms with van der Waals surface area (Å²) in [6.45, 7) is 0.644. The van der Waals surface area contributed by atoms with Gasteiger partial charge in [0.1, 0.15) is 5.41 Å². The molecule has 198 valence electrons. The molecule has 5 fully saturated rings. The van der Waals surface area contributed by atoms with Crippen LogP contribution >= 0.6 is 0 Å². The Morgan fingerprint density at radius 1 is 0.821 bits per heavy atom. The summed E-state index contributed by atoms with van der Waals surface area (Å²) >= 11 is 0. The number of hydrogen-bond donors (Lipinski definition) is 1. The van der Waals surface area contributed by atoms with Crippen molar-refractivity contribution in [3.63, 3.8) is 0 Å². The zero-order valence-corrected chi connectivity index (χ0v) is 22.1. The highest BCUT2D eigenvalue weighted by molar-refractivity contribution is 5.93. The summed E-state index contributed by atoms with van der Waals surface area (Å²) < 4.78 is 11.5. The summed E-state index contributed by atoms with van der Waals surface area (Å²) in [6.07, 6.45) is 0.786. The molecule has 9 atom stereocenters. The third-order valence-electron chi connectivity index (χ3n) is 11.1. The number of rotatable bonds is 6. The number of piperidine rings is 1. The molecule has 3 aromatic rings. The van der Waals surface area contributed by atoms with E-state index in [1.807, 2.05) is 42.5 Å². The summed E-state index contributed by atoms with van der Waals surface area (Å²) in [7, 11) is 3.00. The molecule has 8 rings (SSSR count). The molecule has 0 aromatic heterocycles. The average Bonchev–Trinajstić information content (AvgIpc) is 3.45. The number of carbonyl (C=O) groups is 2.